The third kappa shape index (κ3) is 8.09. The van der Waals surface area contributed by atoms with Crippen LogP contribution in [0.3, 0.4) is 0 Å². The largest absolute Gasteiger partial charge is 0.494 e. The maximum atomic E-state index is 12.0. The molecule has 146 valence electrons. The van der Waals surface area contributed by atoms with E-state index in [-0.39, 0.29) is 6.10 Å². The fourth-order valence-corrected chi connectivity index (χ4v) is 3.23. The van der Waals surface area contributed by atoms with Crippen LogP contribution in [0.15, 0.2) is 24.3 Å². The second kappa shape index (κ2) is 11.8. The summed E-state index contributed by atoms with van der Waals surface area (Å²) in [6.07, 6.45) is 8.05. The smallest absolute Gasteiger partial charge is 0.411 e. The van der Waals surface area contributed by atoms with E-state index < -0.39 is 6.09 Å². The van der Waals surface area contributed by atoms with Crippen molar-refractivity contribution in [3.63, 3.8) is 0 Å². The number of carbonyl (C=O) groups excluding carboxylic acids is 1. The number of ether oxygens (including phenoxy) is 2. The first-order valence-corrected chi connectivity index (χ1v) is 10.1. The summed E-state index contributed by atoms with van der Waals surface area (Å²) in [7, 11) is 0. The molecule has 1 fully saturated rings. The summed E-state index contributed by atoms with van der Waals surface area (Å²) in [6.45, 7) is 7.90. The molecular formula is C21H34N2O3. The third-order valence-corrected chi connectivity index (χ3v) is 4.64. The van der Waals surface area contributed by atoms with Gasteiger partial charge in [-0.2, -0.15) is 0 Å². The maximum Gasteiger partial charge on any atom is 0.411 e. The molecule has 2 rings (SSSR count). The molecule has 1 aromatic rings. The van der Waals surface area contributed by atoms with Gasteiger partial charge in [0.1, 0.15) is 11.9 Å². The molecule has 1 aliphatic rings. The van der Waals surface area contributed by atoms with Crippen molar-refractivity contribution in [3.8, 4) is 5.75 Å². The van der Waals surface area contributed by atoms with Crippen LogP contribution in [0.25, 0.3) is 0 Å². The number of anilines is 1. The number of likely N-dealkylation sites (tertiary alicyclic amines) is 1. The van der Waals surface area contributed by atoms with Crippen molar-refractivity contribution in [2.24, 2.45) is 0 Å². The molecule has 0 radical (unpaired) electrons. The molecule has 0 aromatic heterocycles. The fraction of sp³-hybridized carbons (Fsp3) is 0.667. The Balaban J connectivity index is 1.66. The van der Waals surface area contributed by atoms with Crippen molar-refractivity contribution < 1.29 is 14.3 Å². The van der Waals surface area contributed by atoms with Crippen LogP contribution in [0, 0.1) is 0 Å². The predicted octanol–water partition coefficient (Wildman–Crippen LogP) is 5.07. The van der Waals surface area contributed by atoms with Gasteiger partial charge in [0, 0.05) is 12.2 Å². The predicted molar refractivity (Wildman–Crippen MR) is 106 cm³/mol. The third-order valence-electron chi connectivity index (χ3n) is 4.64. The number of amides is 1. The van der Waals surface area contributed by atoms with Gasteiger partial charge in [-0.25, -0.2) is 4.79 Å². The lowest BCUT2D eigenvalue weighted by molar-refractivity contribution is 0.0833. The SMILES string of the molecule is CCCCCCOc1ccc(NC(=O)O[C@@H](C)CN2CCCCC2)cc1. The normalized spacial score (nSPS) is 16.1. The van der Waals surface area contributed by atoms with Gasteiger partial charge < -0.3 is 9.47 Å². The molecule has 26 heavy (non-hydrogen) atoms. The molecule has 1 saturated heterocycles. The van der Waals surface area contributed by atoms with E-state index in [0.29, 0.717) is 0 Å². The van der Waals surface area contributed by atoms with Crippen LogP contribution in [0.5, 0.6) is 5.75 Å². The van der Waals surface area contributed by atoms with Crippen molar-refractivity contribution in [1.29, 1.82) is 0 Å². The van der Waals surface area contributed by atoms with Crippen LogP contribution in [-0.2, 0) is 4.74 Å². The molecule has 1 amide bonds. The lowest BCUT2D eigenvalue weighted by atomic mass is 10.1. The Kier molecular flexibility index (Phi) is 9.32. The van der Waals surface area contributed by atoms with Gasteiger partial charge in [-0.15, -0.1) is 0 Å². The Morgan fingerprint density at radius 2 is 1.85 bits per heavy atom. The number of hydrogen-bond donors (Lipinski definition) is 1. The highest BCUT2D eigenvalue weighted by Crippen LogP contribution is 2.17. The Bertz CT molecular complexity index is 512. The Morgan fingerprint density at radius 3 is 2.54 bits per heavy atom. The number of carbonyl (C=O) groups is 1. The second-order valence-electron chi connectivity index (χ2n) is 7.14. The average Bonchev–Trinajstić information content (AvgIpc) is 2.63. The minimum Gasteiger partial charge on any atom is -0.494 e. The van der Waals surface area contributed by atoms with Gasteiger partial charge in [0.15, 0.2) is 0 Å². The number of nitrogens with zero attached hydrogens (tertiary/aromatic N) is 1. The molecule has 5 heteroatoms. The van der Waals surface area contributed by atoms with Crippen molar-refractivity contribution in [1.82, 2.24) is 4.90 Å². The van der Waals surface area contributed by atoms with Gasteiger partial charge in [-0.3, -0.25) is 10.2 Å². The molecule has 0 unspecified atom stereocenters. The summed E-state index contributed by atoms with van der Waals surface area (Å²) in [6, 6.07) is 7.45. The van der Waals surface area contributed by atoms with Crippen molar-refractivity contribution >= 4 is 11.8 Å². The molecular weight excluding hydrogens is 328 g/mol. The quantitative estimate of drug-likeness (QED) is 0.591. The van der Waals surface area contributed by atoms with Crippen molar-refractivity contribution in [2.75, 3.05) is 31.6 Å². The number of rotatable bonds is 10. The number of piperidine rings is 1. The van der Waals surface area contributed by atoms with Crippen LogP contribution in [0.2, 0.25) is 0 Å². The summed E-state index contributed by atoms with van der Waals surface area (Å²) >= 11 is 0. The van der Waals surface area contributed by atoms with E-state index in [0.717, 1.165) is 44.1 Å². The van der Waals surface area contributed by atoms with E-state index in [9.17, 15) is 4.79 Å². The standard InChI is InChI=1S/C21H34N2O3/c1-3-4-5-9-16-25-20-12-10-19(11-13-20)22-21(24)26-18(2)17-23-14-7-6-8-15-23/h10-13,18H,3-9,14-17H2,1-2H3,(H,22,24)/t18-/m0/s1. The summed E-state index contributed by atoms with van der Waals surface area (Å²) in [5.41, 5.74) is 0.721. The van der Waals surface area contributed by atoms with Crippen LogP contribution in [-0.4, -0.2) is 43.3 Å². The minimum atomic E-state index is -0.400. The molecule has 1 aliphatic heterocycles. The molecule has 0 spiro atoms. The first kappa shape index (κ1) is 20.6. The summed E-state index contributed by atoms with van der Waals surface area (Å²) in [5, 5.41) is 2.79. The van der Waals surface area contributed by atoms with Crippen LogP contribution in [0.4, 0.5) is 10.5 Å². The monoisotopic (exact) mass is 362 g/mol. The van der Waals surface area contributed by atoms with E-state index in [1.54, 1.807) is 0 Å². The van der Waals surface area contributed by atoms with Gasteiger partial charge in [-0.1, -0.05) is 32.6 Å². The highest BCUT2D eigenvalue weighted by atomic mass is 16.6. The minimum absolute atomic E-state index is 0.112. The van der Waals surface area contributed by atoms with Crippen LogP contribution in [0.1, 0.15) is 58.8 Å². The summed E-state index contributed by atoms with van der Waals surface area (Å²) < 4.78 is 11.2. The zero-order valence-corrected chi connectivity index (χ0v) is 16.3. The van der Waals surface area contributed by atoms with Gasteiger partial charge in [0.2, 0.25) is 0 Å². The highest BCUT2D eigenvalue weighted by molar-refractivity contribution is 5.84. The maximum absolute atomic E-state index is 12.0. The molecule has 5 nitrogen and oxygen atoms in total. The van der Waals surface area contributed by atoms with Gasteiger partial charge in [0.05, 0.1) is 6.61 Å². The number of hydrogen-bond acceptors (Lipinski definition) is 4. The number of unbranched alkanes of at least 4 members (excludes halogenated alkanes) is 3. The lowest BCUT2D eigenvalue weighted by Crippen LogP contribution is -2.37. The van der Waals surface area contributed by atoms with E-state index in [1.807, 2.05) is 31.2 Å². The zero-order chi connectivity index (χ0) is 18.6. The Labute approximate surface area is 158 Å². The average molecular weight is 363 g/mol. The number of benzene rings is 1. The molecule has 1 aromatic carbocycles. The topological polar surface area (TPSA) is 50.8 Å². The van der Waals surface area contributed by atoms with E-state index in [2.05, 4.69) is 17.1 Å². The molecule has 1 heterocycles. The fourth-order valence-electron chi connectivity index (χ4n) is 3.23. The zero-order valence-electron chi connectivity index (χ0n) is 16.3. The van der Waals surface area contributed by atoms with Crippen molar-refractivity contribution in [3.05, 3.63) is 24.3 Å². The first-order chi connectivity index (χ1) is 12.7. The van der Waals surface area contributed by atoms with E-state index in [4.69, 9.17) is 9.47 Å². The van der Waals surface area contributed by atoms with Crippen molar-refractivity contribution in [2.45, 2.75) is 64.9 Å². The van der Waals surface area contributed by atoms with Gasteiger partial charge in [0.25, 0.3) is 0 Å². The van der Waals surface area contributed by atoms with Gasteiger partial charge >= 0.3 is 6.09 Å². The highest BCUT2D eigenvalue weighted by Gasteiger charge is 2.16. The number of nitrogens with one attached hydrogen (secondary N) is 1. The molecule has 1 atom stereocenters. The van der Waals surface area contributed by atoms with E-state index in [1.165, 1.54) is 38.5 Å². The van der Waals surface area contributed by atoms with Crippen LogP contribution >= 0.6 is 0 Å². The summed E-state index contributed by atoms with van der Waals surface area (Å²) in [4.78, 5) is 14.4. The first-order valence-electron chi connectivity index (χ1n) is 10.1. The Hall–Kier alpha value is -1.75. The molecule has 0 saturated carbocycles. The van der Waals surface area contributed by atoms with Gasteiger partial charge in [-0.05, 0) is 63.5 Å². The Morgan fingerprint density at radius 1 is 1.12 bits per heavy atom. The van der Waals surface area contributed by atoms with Crippen LogP contribution < -0.4 is 10.1 Å². The molecule has 1 N–H and O–H groups in total. The molecule has 0 bridgehead atoms. The lowest BCUT2D eigenvalue weighted by Gasteiger charge is -2.28. The van der Waals surface area contributed by atoms with E-state index >= 15 is 0 Å². The second-order valence-corrected chi connectivity index (χ2v) is 7.14. The summed E-state index contributed by atoms with van der Waals surface area (Å²) in [5.74, 6) is 0.832. The molecule has 0 aliphatic carbocycles.